The standard InChI is InChI=1S/C16H13F3O3/c1-8-4-6-10-11-7-5-9(2)13(22-16(17,18)19)15(11)21-14(10)12(8)20-3/h4-7H,1-3H3. The molecule has 0 aliphatic rings. The van der Waals surface area contributed by atoms with E-state index in [0.29, 0.717) is 27.7 Å². The van der Waals surface area contributed by atoms with Crippen LogP contribution in [0.15, 0.2) is 28.7 Å². The lowest BCUT2D eigenvalue weighted by atomic mass is 10.1. The second-order valence-electron chi connectivity index (χ2n) is 5.03. The highest BCUT2D eigenvalue weighted by atomic mass is 19.4. The molecule has 0 unspecified atom stereocenters. The lowest BCUT2D eigenvalue weighted by Crippen LogP contribution is -2.17. The highest BCUT2D eigenvalue weighted by Crippen LogP contribution is 2.42. The summed E-state index contributed by atoms with van der Waals surface area (Å²) in [5.74, 6) is 0.185. The van der Waals surface area contributed by atoms with Crippen molar-refractivity contribution in [2.75, 3.05) is 7.11 Å². The lowest BCUT2D eigenvalue weighted by molar-refractivity contribution is -0.274. The molecule has 0 amide bonds. The molecule has 3 rings (SSSR count). The predicted octanol–water partition coefficient (Wildman–Crippen LogP) is 5.11. The Morgan fingerprint density at radius 2 is 1.36 bits per heavy atom. The summed E-state index contributed by atoms with van der Waals surface area (Å²) in [6.45, 7) is 3.38. The van der Waals surface area contributed by atoms with E-state index in [1.54, 1.807) is 18.2 Å². The number of alkyl halides is 3. The van der Waals surface area contributed by atoms with Crippen molar-refractivity contribution in [1.29, 1.82) is 0 Å². The second-order valence-corrected chi connectivity index (χ2v) is 5.03. The lowest BCUT2D eigenvalue weighted by Gasteiger charge is -2.11. The van der Waals surface area contributed by atoms with Crippen LogP contribution in [0.3, 0.4) is 0 Å². The van der Waals surface area contributed by atoms with Crippen molar-refractivity contribution in [3.63, 3.8) is 0 Å². The molecule has 6 heteroatoms. The molecule has 0 aliphatic heterocycles. The average Bonchev–Trinajstić information content (AvgIpc) is 2.79. The van der Waals surface area contributed by atoms with Gasteiger partial charge >= 0.3 is 6.36 Å². The molecule has 0 radical (unpaired) electrons. The molecular weight excluding hydrogens is 297 g/mol. The molecule has 1 aromatic heterocycles. The molecule has 0 saturated carbocycles. The van der Waals surface area contributed by atoms with Crippen LogP contribution >= 0.6 is 0 Å². The first-order chi connectivity index (χ1) is 10.3. The number of halogens is 3. The third kappa shape index (κ3) is 2.24. The van der Waals surface area contributed by atoms with Gasteiger partial charge in [-0.1, -0.05) is 12.1 Å². The minimum absolute atomic E-state index is 0.0659. The van der Waals surface area contributed by atoms with Gasteiger partial charge in [0.1, 0.15) is 0 Å². The van der Waals surface area contributed by atoms with Crippen LogP contribution in [0.5, 0.6) is 11.5 Å². The Morgan fingerprint density at radius 3 is 1.86 bits per heavy atom. The number of aryl methyl sites for hydroxylation is 2. The number of ether oxygens (including phenoxy) is 2. The Balaban J connectivity index is 2.38. The van der Waals surface area contributed by atoms with Crippen LogP contribution in [0, 0.1) is 13.8 Å². The molecule has 1 heterocycles. The molecule has 0 spiro atoms. The topological polar surface area (TPSA) is 31.6 Å². The Hall–Kier alpha value is -2.37. The summed E-state index contributed by atoms with van der Waals surface area (Å²) in [6.07, 6.45) is -4.78. The van der Waals surface area contributed by atoms with Crippen LogP contribution in [-0.4, -0.2) is 13.5 Å². The molecule has 0 N–H and O–H groups in total. The van der Waals surface area contributed by atoms with Gasteiger partial charge in [-0.3, -0.25) is 0 Å². The fraction of sp³-hybridized carbons (Fsp3) is 0.250. The maximum Gasteiger partial charge on any atom is 0.573 e. The smallest absolute Gasteiger partial charge is 0.493 e. The summed E-state index contributed by atoms with van der Waals surface area (Å²) >= 11 is 0. The van der Waals surface area contributed by atoms with Crippen molar-refractivity contribution >= 4 is 21.9 Å². The van der Waals surface area contributed by atoms with Crippen molar-refractivity contribution in [1.82, 2.24) is 0 Å². The SMILES string of the molecule is COc1c(C)ccc2c1oc1c(OC(F)(F)F)c(C)ccc12. The quantitative estimate of drug-likeness (QED) is 0.659. The van der Waals surface area contributed by atoms with E-state index in [-0.39, 0.29) is 11.3 Å². The first-order valence-corrected chi connectivity index (χ1v) is 6.57. The van der Waals surface area contributed by atoms with Gasteiger partial charge < -0.3 is 13.9 Å². The molecular formula is C16H13F3O3. The van der Waals surface area contributed by atoms with E-state index >= 15 is 0 Å². The normalized spacial score (nSPS) is 12.1. The van der Waals surface area contributed by atoms with E-state index in [0.717, 1.165) is 5.56 Å². The summed E-state index contributed by atoms with van der Waals surface area (Å²) in [7, 11) is 1.49. The van der Waals surface area contributed by atoms with Gasteiger partial charge in [-0.25, -0.2) is 0 Å². The third-order valence-corrected chi connectivity index (χ3v) is 3.53. The average molecular weight is 310 g/mol. The first kappa shape index (κ1) is 14.6. The molecule has 116 valence electrons. The Morgan fingerprint density at radius 1 is 0.864 bits per heavy atom. The molecule has 3 aromatic rings. The van der Waals surface area contributed by atoms with Crippen LogP contribution < -0.4 is 9.47 Å². The maximum atomic E-state index is 12.6. The number of fused-ring (bicyclic) bond motifs is 3. The Labute approximate surface area is 124 Å². The zero-order valence-electron chi connectivity index (χ0n) is 12.2. The van der Waals surface area contributed by atoms with E-state index in [4.69, 9.17) is 9.15 Å². The highest BCUT2D eigenvalue weighted by Gasteiger charge is 2.33. The number of rotatable bonds is 2. The van der Waals surface area contributed by atoms with Gasteiger partial charge in [-0.2, -0.15) is 0 Å². The van der Waals surface area contributed by atoms with Crippen molar-refractivity contribution in [2.24, 2.45) is 0 Å². The van der Waals surface area contributed by atoms with Crippen LogP contribution in [0.2, 0.25) is 0 Å². The van der Waals surface area contributed by atoms with E-state index < -0.39 is 6.36 Å². The van der Waals surface area contributed by atoms with Gasteiger partial charge in [-0.15, -0.1) is 13.2 Å². The summed E-state index contributed by atoms with van der Waals surface area (Å²) < 4.78 is 53.0. The molecule has 3 nitrogen and oxygen atoms in total. The molecule has 0 atom stereocenters. The minimum Gasteiger partial charge on any atom is -0.493 e. The summed E-state index contributed by atoms with van der Waals surface area (Å²) in [5, 5.41) is 1.24. The number of hydrogen-bond donors (Lipinski definition) is 0. The number of hydrogen-bond acceptors (Lipinski definition) is 3. The predicted molar refractivity (Wildman–Crippen MR) is 76.4 cm³/mol. The van der Waals surface area contributed by atoms with Crippen LogP contribution in [0.25, 0.3) is 21.9 Å². The zero-order valence-corrected chi connectivity index (χ0v) is 12.2. The van der Waals surface area contributed by atoms with E-state index in [1.807, 2.05) is 13.0 Å². The fourth-order valence-electron chi connectivity index (χ4n) is 2.55. The van der Waals surface area contributed by atoms with E-state index in [2.05, 4.69) is 4.74 Å². The van der Waals surface area contributed by atoms with Crippen molar-refractivity contribution in [3.8, 4) is 11.5 Å². The van der Waals surface area contributed by atoms with E-state index in [1.165, 1.54) is 14.0 Å². The number of methoxy groups -OCH3 is 1. The van der Waals surface area contributed by atoms with Crippen LogP contribution in [-0.2, 0) is 0 Å². The largest absolute Gasteiger partial charge is 0.573 e. The van der Waals surface area contributed by atoms with Crippen molar-refractivity contribution < 1.29 is 27.1 Å². The van der Waals surface area contributed by atoms with Crippen LogP contribution in [0.4, 0.5) is 13.2 Å². The fourth-order valence-corrected chi connectivity index (χ4v) is 2.55. The zero-order chi connectivity index (χ0) is 16.1. The Bertz CT molecular complexity index is 863. The number of furan rings is 1. The molecule has 22 heavy (non-hydrogen) atoms. The summed E-state index contributed by atoms with van der Waals surface area (Å²) in [5.41, 5.74) is 1.66. The van der Waals surface area contributed by atoms with Crippen molar-refractivity contribution in [2.45, 2.75) is 20.2 Å². The molecule has 0 saturated heterocycles. The van der Waals surface area contributed by atoms with Gasteiger partial charge in [0.25, 0.3) is 0 Å². The van der Waals surface area contributed by atoms with E-state index in [9.17, 15) is 13.2 Å². The van der Waals surface area contributed by atoms with Gasteiger partial charge in [0.05, 0.1) is 7.11 Å². The molecule has 2 aromatic carbocycles. The molecule has 0 fully saturated rings. The second kappa shape index (κ2) is 4.83. The van der Waals surface area contributed by atoms with Gasteiger partial charge in [0, 0.05) is 10.8 Å². The molecule has 0 bridgehead atoms. The van der Waals surface area contributed by atoms with Gasteiger partial charge in [0.15, 0.2) is 22.7 Å². The number of benzene rings is 2. The van der Waals surface area contributed by atoms with Crippen LogP contribution in [0.1, 0.15) is 11.1 Å². The van der Waals surface area contributed by atoms with Gasteiger partial charge in [0.2, 0.25) is 0 Å². The molecule has 0 aliphatic carbocycles. The maximum absolute atomic E-state index is 12.6. The van der Waals surface area contributed by atoms with Crippen molar-refractivity contribution in [3.05, 3.63) is 35.4 Å². The highest BCUT2D eigenvalue weighted by molar-refractivity contribution is 6.09. The Kier molecular flexibility index (Phi) is 3.20. The monoisotopic (exact) mass is 310 g/mol. The first-order valence-electron chi connectivity index (χ1n) is 6.57. The minimum atomic E-state index is -4.78. The third-order valence-electron chi connectivity index (χ3n) is 3.53. The summed E-state index contributed by atoms with van der Waals surface area (Å²) in [6, 6.07) is 6.92. The van der Waals surface area contributed by atoms with Gasteiger partial charge in [-0.05, 0) is 37.1 Å². The summed E-state index contributed by atoms with van der Waals surface area (Å²) in [4.78, 5) is 0.